The van der Waals surface area contributed by atoms with Crippen LogP contribution in [0.1, 0.15) is 27.4 Å². The van der Waals surface area contributed by atoms with Gasteiger partial charge in [0.05, 0.1) is 29.0 Å². The number of aromatic nitrogens is 4. The van der Waals surface area contributed by atoms with Crippen molar-refractivity contribution in [1.82, 2.24) is 23.8 Å². The highest BCUT2D eigenvalue weighted by atomic mass is 35.5. The minimum Gasteiger partial charge on any atom is -0.329 e. The number of hydrogen-bond acceptors (Lipinski definition) is 3. The number of nitrogens with zero attached hydrogens (tertiary/aromatic N) is 4. The number of H-pyrrole nitrogens is 1. The minimum atomic E-state index is -0.596. The zero-order chi connectivity index (χ0) is 25.7. The number of fused-ring (bicyclic) bond motifs is 2. The molecule has 0 fully saturated rings. The molecule has 0 bridgehead atoms. The maximum Gasteiger partial charge on any atom is 0.272 e. The van der Waals surface area contributed by atoms with Gasteiger partial charge in [0.15, 0.2) is 0 Å². The zero-order valence-corrected chi connectivity index (χ0v) is 20.9. The molecule has 0 saturated heterocycles. The molecule has 5 aromatic rings. The van der Waals surface area contributed by atoms with Gasteiger partial charge in [0.25, 0.3) is 11.5 Å². The summed E-state index contributed by atoms with van der Waals surface area (Å²) in [6, 6.07) is 15.9. The summed E-state index contributed by atoms with van der Waals surface area (Å²) in [5, 5.41) is 0.475. The Morgan fingerprint density at radius 2 is 1.89 bits per heavy atom. The van der Waals surface area contributed by atoms with Crippen LogP contribution in [0.3, 0.4) is 0 Å². The van der Waals surface area contributed by atoms with Crippen LogP contribution in [-0.4, -0.2) is 36.3 Å². The van der Waals surface area contributed by atoms with E-state index in [-0.39, 0.29) is 27.8 Å². The number of imidazole rings is 1. The van der Waals surface area contributed by atoms with E-state index in [4.69, 9.17) is 23.2 Å². The Labute approximate surface area is 220 Å². The van der Waals surface area contributed by atoms with Crippen molar-refractivity contribution in [3.63, 3.8) is 0 Å². The average molecular weight is 536 g/mol. The van der Waals surface area contributed by atoms with Gasteiger partial charge in [-0.3, -0.25) is 14.0 Å². The second-order valence-electron chi connectivity index (χ2n) is 8.91. The third-order valence-electron chi connectivity index (χ3n) is 6.65. The molecule has 2 aromatic carbocycles. The SMILES string of the molecule is O=C(c1cc(Cc2c[nH]c(=O)c3cc(Cl)c(Cl)n23)ccc1F)N1CCn2c(-c3ccccc3)cnc2C1. The van der Waals surface area contributed by atoms with Crippen LogP contribution in [0, 0.1) is 5.82 Å². The molecule has 0 unspecified atom stereocenters. The molecule has 0 spiro atoms. The number of amides is 1. The summed E-state index contributed by atoms with van der Waals surface area (Å²) in [6.45, 7) is 1.28. The van der Waals surface area contributed by atoms with Gasteiger partial charge in [0.2, 0.25) is 0 Å². The van der Waals surface area contributed by atoms with Crippen LogP contribution in [0.4, 0.5) is 4.39 Å². The van der Waals surface area contributed by atoms with Crippen LogP contribution < -0.4 is 5.56 Å². The van der Waals surface area contributed by atoms with Gasteiger partial charge in [-0.2, -0.15) is 0 Å². The maximum absolute atomic E-state index is 14.8. The highest BCUT2D eigenvalue weighted by Crippen LogP contribution is 2.28. The van der Waals surface area contributed by atoms with E-state index in [0.29, 0.717) is 36.3 Å². The molecule has 0 atom stereocenters. The topological polar surface area (TPSA) is 75.4 Å². The summed E-state index contributed by atoms with van der Waals surface area (Å²) in [6.07, 6.45) is 3.64. The lowest BCUT2D eigenvalue weighted by Gasteiger charge is -2.29. The average Bonchev–Trinajstić information content (AvgIpc) is 3.48. The largest absolute Gasteiger partial charge is 0.329 e. The van der Waals surface area contributed by atoms with E-state index in [0.717, 1.165) is 17.1 Å². The number of hydrogen-bond donors (Lipinski definition) is 1. The number of halogens is 3. The van der Waals surface area contributed by atoms with Crippen LogP contribution in [-0.2, 0) is 19.5 Å². The normalized spacial score (nSPS) is 13.2. The number of aromatic amines is 1. The maximum atomic E-state index is 14.8. The van der Waals surface area contributed by atoms with Gasteiger partial charge in [0.1, 0.15) is 22.3 Å². The molecule has 1 aliphatic heterocycles. The Kier molecular flexibility index (Phi) is 5.85. The van der Waals surface area contributed by atoms with Gasteiger partial charge < -0.3 is 14.5 Å². The van der Waals surface area contributed by atoms with Crippen LogP contribution >= 0.6 is 23.2 Å². The number of benzene rings is 2. The predicted octanol–water partition coefficient (Wildman–Crippen LogP) is 5.18. The van der Waals surface area contributed by atoms with Crippen molar-refractivity contribution in [2.24, 2.45) is 0 Å². The lowest BCUT2D eigenvalue weighted by Crippen LogP contribution is -2.39. The molecule has 7 nitrogen and oxygen atoms in total. The van der Waals surface area contributed by atoms with Crippen molar-refractivity contribution in [2.45, 2.75) is 19.5 Å². The van der Waals surface area contributed by atoms with E-state index < -0.39 is 11.7 Å². The molecular weight excluding hydrogens is 516 g/mol. The number of rotatable bonds is 4. The molecule has 0 aliphatic carbocycles. The van der Waals surface area contributed by atoms with Gasteiger partial charge in [-0.05, 0) is 29.3 Å². The predicted molar refractivity (Wildman–Crippen MR) is 140 cm³/mol. The second-order valence-corrected chi connectivity index (χ2v) is 9.67. The molecule has 1 aliphatic rings. The summed E-state index contributed by atoms with van der Waals surface area (Å²) < 4.78 is 18.5. The van der Waals surface area contributed by atoms with Gasteiger partial charge in [-0.25, -0.2) is 9.37 Å². The van der Waals surface area contributed by atoms with Crippen LogP contribution in [0.25, 0.3) is 16.8 Å². The van der Waals surface area contributed by atoms with Crippen molar-refractivity contribution in [2.75, 3.05) is 6.54 Å². The smallest absolute Gasteiger partial charge is 0.272 e. The lowest BCUT2D eigenvalue weighted by molar-refractivity contribution is 0.0703. The molecule has 1 N–H and O–H groups in total. The van der Waals surface area contributed by atoms with Crippen LogP contribution in [0.15, 0.2) is 71.8 Å². The first-order valence-electron chi connectivity index (χ1n) is 11.7. The third-order valence-corrected chi connectivity index (χ3v) is 7.41. The van der Waals surface area contributed by atoms with Crippen molar-refractivity contribution < 1.29 is 9.18 Å². The third kappa shape index (κ3) is 4.12. The molecule has 6 rings (SSSR count). The fourth-order valence-corrected chi connectivity index (χ4v) is 5.26. The highest BCUT2D eigenvalue weighted by Gasteiger charge is 2.26. The lowest BCUT2D eigenvalue weighted by atomic mass is 10.0. The van der Waals surface area contributed by atoms with Crippen molar-refractivity contribution >= 4 is 34.6 Å². The van der Waals surface area contributed by atoms with Gasteiger partial charge in [-0.1, -0.05) is 59.6 Å². The van der Waals surface area contributed by atoms with Crippen molar-refractivity contribution in [3.8, 4) is 11.3 Å². The molecule has 0 saturated carbocycles. The first-order chi connectivity index (χ1) is 17.9. The van der Waals surface area contributed by atoms with Gasteiger partial charge in [0, 0.05) is 31.4 Å². The number of carbonyl (C=O) groups excluding carboxylic acids is 1. The quantitative estimate of drug-likeness (QED) is 0.344. The Morgan fingerprint density at radius 3 is 2.70 bits per heavy atom. The molecule has 4 heterocycles. The molecule has 3 aromatic heterocycles. The van der Waals surface area contributed by atoms with E-state index in [1.165, 1.54) is 18.3 Å². The second kappa shape index (κ2) is 9.21. The molecule has 0 radical (unpaired) electrons. The van der Waals surface area contributed by atoms with Gasteiger partial charge >= 0.3 is 0 Å². The summed E-state index contributed by atoms with van der Waals surface area (Å²) in [7, 11) is 0. The number of carbonyl (C=O) groups is 1. The van der Waals surface area contributed by atoms with Crippen LogP contribution in [0.5, 0.6) is 0 Å². The van der Waals surface area contributed by atoms with Crippen LogP contribution in [0.2, 0.25) is 10.2 Å². The Hall–Kier alpha value is -3.88. The Balaban J connectivity index is 1.27. The van der Waals surface area contributed by atoms with Crippen molar-refractivity contribution in [3.05, 3.63) is 116 Å². The van der Waals surface area contributed by atoms with E-state index in [1.807, 2.05) is 36.5 Å². The molecule has 186 valence electrons. The Morgan fingerprint density at radius 1 is 1.08 bits per heavy atom. The summed E-state index contributed by atoms with van der Waals surface area (Å²) in [4.78, 5) is 34.4. The first-order valence-corrected chi connectivity index (χ1v) is 12.4. The van der Waals surface area contributed by atoms with E-state index in [9.17, 15) is 14.0 Å². The molecule has 1 amide bonds. The van der Waals surface area contributed by atoms with Gasteiger partial charge in [-0.15, -0.1) is 0 Å². The van der Waals surface area contributed by atoms with Crippen molar-refractivity contribution in [1.29, 1.82) is 0 Å². The highest BCUT2D eigenvalue weighted by molar-refractivity contribution is 6.42. The molecule has 10 heteroatoms. The summed E-state index contributed by atoms with van der Waals surface area (Å²) >= 11 is 12.5. The summed E-state index contributed by atoms with van der Waals surface area (Å²) in [5.41, 5.74) is 3.34. The number of nitrogens with one attached hydrogen (secondary N) is 1. The molecular formula is C27H20Cl2FN5O2. The van der Waals surface area contributed by atoms with E-state index in [2.05, 4.69) is 14.5 Å². The standard InChI is InChI=1S/C27H20Cl2FN5O2/c28-20-12-22-26(36)32-13-18(35(22)25(20)29)10-16-6-7-21(30)19(11-16)27(37)33-8-9-34-23(14-31-24(34)15-33)17-4-2-1-3-5-17/h1-7,11-14H,8-10,15H2,(H,32,36). The molecule has 37 heavy (non-hydrogen) atoms. The minimum absolute atomic E-state index is 0.0157. The Bertz CT molecular complexity index is 1720. The van der Waals surface area contributed by atoms with E-state index in [1.54, 1.807) is 21.4 Å². The monoisotopic (exact) mass is 535 g/mol. The fourth-order valence-electron chi connectivity index (χ4n) is 4.82. The fraction of sp³-hybridized carbons (Fsp3) is 0.148. The summed E-state index contributed by atoms with van der Waals surface area (Å²) in [5.74, 6) is -0.241. The van der Waals surface area contributed by atoms with E-state index >= 15 is 0 Å². The zero-order valence-electron chi connectivity index (χ0n) is 19.4. The first kappa shape index (κ1) is 23.5.